The lowest BCUT2D eigenvalue weighted by Gasteiger charge is -2.37. The first kappa shape index (κ1) is 17.5. The van der Waals surface area contributed by atoms with Crippen LogP contribution in [0.3, 0.4) is 0 Å². The van der Waals surface area contributed by atoms with Crippen LogP contribution < -0.4 is 10.2 Å². The zero-order valence-corrected chi connectivity index (χ0v) is 14.7. The van der Waals surface area contributed by atoms with Crippen molar-refractivity contribution in [1.82, 2.24) is 4.90 Å². The van der Waals surface area contributed by atoms with Crippen molar-refractivity contribution in [3.63, 3.8) is 0 Å². The van der Waals surface area contributed by atoms with Gasteiger partial charge in [-0.15, -0.1) is 6.58 Å². The highest BCUT2D eigenvalue weighted by Gasteiger charge is 2.33. The monoisotopic (exact) mass is 352 g/mol. The standard InChI is InChI=1S/C19H20N4O3/c1-4-11-22-18(20-15-8-6-5-7-14(15)19(22)24)13-9-10-16(21(2)3)17(12-13)23(25)26/h4-10,12,18,20H,1,11H2,2-3H3/t18-/m0/s1. The summed E-state index contributed by atoms with van der Waals surface area (Å²) in [5.41, 5.74) is 2.44. The average Bonchev–Trinajstić information content (AvgIpc) is 2.63. The van der Waals surface area contributed by atoms with E-state index in [0.717, 1.165) is 0 Å². The van der Waals surface area contributed by atoms with Gasteiger partial charge in [0.25, 0.3) is 11.6 Å². The van der Waals surface area contributed by atoms with Gasteiger partial charge in [-0.2, -0.15) is 0 Å². The maximum absolute atomic E-state index is 12.9. The maximum Gasteiger partial charge on any atom is 0.292 e. The van der Waals surface area contributed by atoms with E-state index in [2.05, 4.69) is 11.9 Å². The molecular formula is C19H20N4O3. The van der Waals surface area contributed by atoms with Crippen molar-refractivity contribution >= 4 is 23.0 Å². The number of hydrogen-bond donors (Lipinski definition) is 1. The molecule has 26 heavy (non-hydrogen) atoms. The average molecular weight is 352 g/mol. The van der Waals surface area contributed by atoms with E-state index >= 15 is 0 Å². The number of anilines is 2. The van der Waals surface area contributed by atoms with Crippen LogP contribution in [0.5, 0.6) is 0 Å². The predicted octanol–water partition coefficient (Wildman–Crippen LogP) is 3.41. The number of hydrogen-bond acceptors (Lipinski definition) is 5. The van der Waals surface area contributed by atoms with Crippen LogP contribution in [0.4, 0.5) is 17.1 Å². The van der Waals surface area contributed by atoms with Crippen molar-refractivity contribution < 1.29 is 9.72 Å². The summed E-state index contributed by atoms with van der Waals surface area (Å²) in [7, 11) is 3.51. The van der Waals surface area contributed by atoms with E-state index in [1.54, 1.807) is 48.2 Å². The molecule has 134 valence electrons. The second kappa shape index (κ2) is 6.87. The number of nitro benzene ring substituents is 1. The number of benzene rings is 2. The van der Waals surface area contributed by atoms with E-state index in [9.17, 15) is 14.9 Å². The Morgan fingerprint density at radius 3 is 2.69 bits per heavy atom. The van der Waals surface area contributed by atoms with Gasteiger partial charge < -0.3 is 15.1 Å². The number of nitrogens with zero attached hydrogens (tertiary/aromatic N) is 3. The smallest absolute Gasteiger partial charge is 0.292 e. The molecule has 0 aromatic heterocycles. The van der Waals surface area contributed by atoms with E-state index in [0.29, 0.717) is 29.0 Å². The highest BCUT2D eigenvalue weighted by atomic mass is 16.6. The van der Waals surface area contributed by atoms with Gasteiger partial charge in [-0.3, -0.25) is 14.9 Å². The van der Waals surface area contributed by atoms with Crippen LogP contribution in [0.25, 0.3) is 0 Å². The molecule has 1 aliphatic rings. The van der Waals surface area contributed by atoms with E-state index in [1.165, 1.54) is 6.07 Å². The molecule has 1 heterocycles. The van der Waals surface area contributed by atoms with E-state index in [1.807, 2.05) is 18.2 Å². The minimum Gasteiger partial charge on any atom is -0.372 e. The third-order valence-corrected chi connectivity index (χ3v) is 4.34. The lowest BCUT2D eigenvalue weighted by Crippen LogP contribution is -2.43. The highest BCUT2D eigenvalue weighted by molar-refractivity contribution is 6.01. The molecule has 7 nitrogen and oxygen atoms in total. The number of nitro groups is 1. The molecule has 7 heteroatoms. The van der Waals surface area contributed by atoms with Gasteiger partial charge in [0.15, 0.2) is 0 Å². The minimum atomic E-state index is -0.509. The van der Waals surface area contributed by atoms with Gasteiger partial charge in [0.05, 0.1) is 10.5 Å². The molecule has 1 aliphatic heterocycles. The van der Waals surface area contributed by atoms with E-state index in [-0.39, 0.29) is 11.6 Å². The molecule has 1 N–H and O–H groups in total. The summed E-state index contributed by atoms with van der Waals surface area (Å²) in [5, 5.41) is 14.8. The van der Waals surface area contributed by atoms with Crippen LogP contribution in [0.1, 0.15) is 22.1 Å². The van der Waals surface area contributed by atoms with Crippen molar-refractivity contribution in [3.05, 3.63) is 76.4 Å². The fourth-order valence-corrected chi connectivity index (χ4v) is 3.12. The molecule has 1 amide bonds. The first-order valence-electron chi connectivity index (χ1n) is 8.17. The van der Waals surface area contributed by atoms with E-state index in [4.69, 9.17) is 0 Å². The lowest BCUT2D eigenvalue weighted by molar-refractivity contribution is -0.384. The molecule has 0 fully saturated rings. The Hall–Kier alpha value is -3.35. The van der Waals surface area contributed by atoms with Gasteiger partial charge in [0, 0.05) is 38.0 Å². The van der Waals surface area contributed by atoms with Crippen molar-refractivity contribution in [2.24, 2.45) is 0 Å². The number of para-hydroxylation sites is 1. The fourth-order valence-electron chi connectivity index (χ4n) is 3.12. The van der Waals surface area contributed by atoms with Crippen molar-refractivity contribution in [1.29, 1.82) is 0 Å². The number of fused-ring (bicyclic) bond motifs is 1. The van der Waals surface area contributed by atoms with E-state index < -0.39 is 11.1 Å². The summed E-state index contributed by atoms with van der Waals surface area (Å²) in [6, 6.07) is 12.3. The molecule has 0 radical (unpaired) electrons. The molecule has 0 saturated heterocycles. The number of rotatable bonds is 5. The largest absolute Gasteiger partial charge is 0.372 e. The predicted molar refractivity (Wildman–Crippen MR) is 101 cm³/mol. The summed E-state index contributed by atoms with van der Waals surface area (Å²) in [6.45, 7) is 4.05. The number of nitrogens with one attached hydrogen (secondary N) is 1. The van der Waals surface area contributed by atoms with Crippen LogP contribution in [-0.2, 0) is 0 Å². The second-order valence-electron chi connectivity index (χ2n) is 6.24. The molecule has 2 aromatic carbocycles. The number of amides is 1. The topological polar surface area (TPSA) is 78.7 Å². The quantitative estimate of drug-likeness (QED) is 0.507. The molecule has 1 atom stereocenters. The molecule has 0 bridgehead atoms. The Bertz CT molecular complexity index is 879. The molecule has 0 saturated carbocycles. The van der Waals surface area contributed by atoms with Crippen LogP contribution >= 0.6 is 0 Å². The van der Waals surface area contributed by atoms with Gasteiger partial charge in [-0.1, -0.05) is 24.3 Å². The first-order valence-corrected chi connectivity index (χ1v) is 8.17. The van der Waals surface area contributed by atoms with Crippen LogP contribution in [0, 0.1) is 10.1 Å². The Kier molecular flexibility index (Phi) is 4.62. The Morgan fingerprint density at radius 1 is 1.31 bits per heavy atom. The normalized spacial score (nSPS) is 15.8. The molecular weight excluding hydrogens is 332 g/mol. The first-order chi connectivity index (χ1) is 12.4. The van der Waals surface area contributed by atoms with Crippen LogP contribution in [0.2, 0.25) is 0 Å². The summed E-state index contributed by atoms with van der Waals surface area (Å²) in [5.74, 6) is -0.136. The maximum atomic E-state index is 12.9. The van der Waals surface area contributed by atoms with Crippen molar-refractivity contribution in [2.75, 3.05) is 30.9 Å². The van der Waals surface area contributed by atoms with Crippen molar-refractivity contribution in [2.45, 2.75) is 6.17 Å². The fraction of sp³-hybridized carbons (Fsp3) is 0.211. The highest BCUT2D eigenvalue weighted by Crippen LogP contribution is 2.36. The Labute approximate surface area is 151 Å². The molecule has 3 rings (SSSR count). The van der Waals surface area contributed by atoms with Gasteiger partial charge >= 0.3 is 0 Å². The number of carbonyl (C=O) groups excluding carboxylic acids is 1. The zero-order chi connectivity index (χ0) is 18.8. The summed E-state index contributed by atoms with van der Waals surface area (Å²) in [4.78, 5) is 27.3. The second-order valence-corrected chi connectivity index (χ2v) is 6.24. The molecule has 0 aliphatic carbocycles. The van der Waals surface area contributed by atoms with Gasteiger partial charge in [0.2, 0.25) is 0 Å². The Morgan fingerprint density at radius 2 is 2.04 bits per heavy atom. The van der Waals surface area contributed by atoms with Gasteiger partial charge in [0.1, 0.15) is 11.9 Å². The Balaban J connectivity index is 2.09. The summed E-state index contributed by atoms with van der Waals surface area (Å²) >= 11 is 0. The minimum absolute atomic E-state index is 0.000777. The third-order valence-electron chi connectivity index (χ3n) is 4.34. The van der Waals surface area contributed by atoms with Crippen LogP contribution in [-0.4, -0.2) is 36.4 Å². The van der Waals surface area contributed by atoms with Crippen LogP contribution in [0.15, 0.2) is 55.1 Å². The van der Waals surface area contributed by atoms with Gasteiger partial charge in [-0.25, -0.2) is 0 Å². The summed E-state index contributed by atoms with van der Waals surface area (Å²) < 4.78 is 0. The zero-order valence-electron chi connectivity index (χ0n) is 14.7. The van der Waals surface area contributed by atoms with Gasteiger partial charge in [-0.05, 0) is 18.2 Å². The number of carbonyl (C=O) groups is 1. The molecule has 0 spiro atoms. The molecule has 0 unspecified atom stereocenters. The SMILES string of the molecule is C=CCN1C(=O)c2ccccc2N[C@@H]1c1ccc(N(C)C)c([N+](=O)[O-])c1. The molecule has 2 aromatic rings. The lowest BCUT2D eigenvalue weighted by atomic mass is 10.0. The third kappa shape index (κ3) is 2.99. The summed E-state index contributed by atoms with van der Waals surface area (Å²) in [6.07, 6.45) is 1.13. The van der Waals surface area contributed by atoms with Crippen molar-refractivity contribution in [3.8, 4) is 0 Å².